The molecule has 2 aliphatic rings. The van der Waals surface area contributed by atoms with Crippen molar-refractivity contribution in [1.82, 2.24) is 14.7 Å². The molecular weight excluding hydrogens is 406 g/mol. The molecule has 1 aromatic heterocycles. The van der Waals surface area contributed by atoms with Crippen molar-refractivity contribution in [2.75, 3.05) is 32.7 Å². The molecule has 0 saturated carbocycles. The second-order valence-corrected chi connectivity index (χ2v) is 10.2. The number of amides is 2. The minimum atomic E-state index is 0.0682. The number of piperazine rings is 1. The molecule has 166 valence electrons. The zero-order chi connectivity index (χ0) is 22.0. The Morgan fingerprint density at radius 3 is 2.55 bits per heavy atom. The molecule has 0 bridgehead atoms. The first-order chi connectivity index (χ1) is 14.9. The molecule has 3 heterocycles. The SMILES string of the molecule is CC(C)CC(=O)N1CCN(C(=O)CN2CCc3sccc3C2c2ccccc2)CC1C. The third-order valence-electron chi connectivity index (χ3n) is 6.40. The van der Waals surface area contributed by atoms with Gasteiger partial charge in [-0.05, 0) is 41.8 Å². The van der Waals surface area contributed by atoms with Crippen molar-refractivity contribution in [2.24, 2.45) is 5.92 Å². The number of benzene rings is 1. The van der Waals surface area contributed by atoms with Crippen molar-refractivity contribution in [2.45, 2.75) is 45.7 Å². The van der Waals surface area contributed by atoms with Crippen LogP contribution in [-0.4, -0.2) is 65.3 Å². The summed E-state index contributed by atoms with van der Waals surface area (Å²) in [7, 11) is 0. The van der Waals surface area contributed by atoms with Crippen LogP contribution in [-0.2, 0) is 16.0 Å². The van der Waals surface area contributed by atoms with Gasteiger partial charge in [0.1, 0.15) is 0 Å². The van der Waals surface area contributed by atoms with Crippen molar-refractivity contribution in [3.8, 4) is 0 Å². The lowest BCUT2D eigenvalue weighted by Crippen LogP contribution is -2.57. The molecule has 0 aliphatic carbocycles. The maximum Gasteiger partial charge on any atom is 0.236 e. The Balaban J connectivity index is 1.44. The number of rotatable bonds is 5. The minimum Gasteiger partial charge on any atom is -0.338 e. The molecule has 31 heavy (non-hydrogen) atoms. The molecule has 5 nitrogen and oxygen atoms in total. The highest BCUT2D eigenvalue weighted by Gasteiger charge is 2.34. The Morgan fingerprint density at radius 1 is 1.06 bits per heavy atom. The zero-order valence-electron chi connectivity index (χ0n) is 18.8. The van der Waals surface area contributed by atoms with Crippen molar-refractivity contribution < 1.29 is 9.59 Å². The van der Waals surface area contributed by atoms with E-state index in [2.05, 4.69) is 61.4 Å². The molecule has 0 spiro atoms. The van der Waals surface area contributed by atoms with E-state index >= 15 is 0 Å². The van der Waals surface area contributed by atoms with E-state index in [0.29, 0.717) is 38.5 Å². The standard InChI is InChI=1S/C25H33N3O2S/c1-18(2)15-23(29)28-13-12-26(16-19(28)3)24(30)17-27-11-9-22-21(10-14-31-22)25(27)20-7-5-4-6-8-20/h4-8,10,14,18-19,25H,9,11-13,15-17H2,1-3H3. The lowest BCUT2D eigenvalue weighted by molar-refractivity contribution is -0.143. The fourth-order valence-corrected chi connectivity index (χ4v) is 5.76. The second-order valence-electron chi connectivity index (χ2n) is 9.21. The number of fused-ring (bicyclic) bond motifs is 1. The first kappa shape index (κ1) is 22.0. The Kier molecular flexibility index (Phi) is 6.77. The maximum absolute atomic E-state index is 13.3. The highest BCUT2D eigenvalue weighted by atomic mass is 32.1. The van der Waals surface area contributed by atoms with Crippen molar-refractivity contribution in [1.29, 1.82) is 0 Å². The van der Waals surface area contributed by atoms with E-state index in [1.165, 1.54) is 16.0 Å². The number of carbonyl (C=O) groups is 2. The van der Waals surface area contributed by atoms with Gasteiger partial charge in [-0.25, -0.2) is 0 Å². The fraction of sp³-hybridized carbons (Fsp3) is 0.520. The molecule has 1 fully saturated rings. The normalized spacial score (nSPS) is 21.9. The summed E-state index contributed by atoms with van der Waals surface area (Å²) in [6, 6.07) is 12.9. The zero-order valence-corrected chi connectivity index (χ0v) is 19.6. The number of carbonyl (C=O) groups excluding carboxylic acids is 2. The third-order valence-corrected chi connectivity index (χ3v) is 7.40. The van der Waals surface area contributed by atoms with Crippen LogP contribution in [0.25, 0.3) is 0 Å². The smallest absolute Gasteiger partial charge is 0.236 e. The summed E-state index contributed by atoms with van der Waals surface area (Å²) in [4.78, 5) is 33.5. The van der Waals surface area contributed by atoms with Crippen molar-refractivity contribution in [3.05, 3.63) is 57.8 Å². The van der Waals surface area contributed by atoms with Gasteiger partial charge in [0.25, 0.3) is 0 Å². The largest absolute Gasteiger partial charge is 0.338 e. The van der Waals surface area contributed by atoms with E-state index in [-0.39, 0.29) is 23.9 Å². The van der Waals surface area contributed by atoms with Crippen LogP contribution in [0.2, 0.25) is 0 Å². The third kappa shape index (κ3) is 4.85. The van der Waals surface area contributed by atoms with Crippen LogP contribution < -0.4 is 0 Å². The van der Waals surface area contributed by atoms with Gasteiger partial charge in [0, 0.05) is 43.5 Å². The number of hydrogen-bond acceptors (Lipinski definition) is 4. The Morgan fingerprint density at radius 2 is 1.84 bits per heavy atom. The van der Waals surface area contributed by atoms with Crippen LogP contribution >= 0.6 is 11.3 Å². The first-order valence-corrected chi connectivity index (χ1v) is 12.2. The lowest BCUT2D eigenvalue weighted by Gasteiger charge is -2.42. The fourth-order valence-electron chi connectivity index (χ4n) is 4.86. The maximum atomic E-state index is 13.3. The van der Waals surface area contributed by atoms with Gasteiger partial charge in [0.05, 0.1) is 12.6 Å². The van der Waals surface area contributed by atoms with Crippen molar-refractivity contribution >= 4 is 23.2 Å². The highest BCUT2D eigenvalue weighted by molar-refractivity contribution is 7.10. The minimum absolute atomic E-state index is 0.0682. The Bertz CT molecular complexity index is 911. The average Bonchev–Trinajstić information content (AvgIpc) is 3.22. The number of nitrogens with zero attached hydrogens (tertiary/aromatic N) is 3. The van der Waals surface area contributed by atoms with Crippen LogP contribution in [0.3, 0.4) is 0 Å². The monoisotopic (exact) mass is 439 g/mol. The van der Waals surface area contributed by atoms with E-state index < -0.39 is 0 Å². The van der Waals surface area contributed by atoms with E-state index in [1.807, 2.05) is 27.2 Å². The molecule has 0 N–H and O–H groups in total. The molecule has 2 amide bonds. The van der Waals surface area contributed by atoms with Crippen LogP contribution in [0.4, 0.5) is 0 Å². The molecule has 2 unspecified atom stereocenters. The van der Waals surface area contributed by atoms with E-state index in [9.17, 15) is 9.59 Å². The van der Waals surface area contributed by atoms with Gasteiger partial charge < -0.3 is 9.80 Å². The number of hydrogen-bond donors (Lipinski definition) is 0. The first-order valence-electron chi connectivity index (χ1n) is 11.4. The van der Waals surface area contributed by atoms with Gasteiger partial charge in [0.2, 0.25) is 11.8 Å². The highest BCUT2D eigenvalue weighted by Crippen LogP contribution is 2.37. The van der Waals surface area contributed by atoms with E-state index in [4.69, 9.17) is 0 Å². The van der Waals surface area contributed by atoms with Crippen LogP contribution in [0.5, 0.6) is 0 Å². The van der Waals surface area contributed by atoms with Gasteiger partial charge in [-0.1, -0.05) is 44.2 Å². The van der Waals surface area contributed by atoms with Crippen LogP contribution in [0.1, 0.15) is 49.2 Å². The topological polar surface area (TPSA) is 43.9 Å². The van der Waals surface area contributed by atoms with Gasteiger partial charge in [-0.15, -0.1) is 11.3 Å². The predicted octanol–water partition coefficient (Wildman–Crippen LogP) is 3.80. The van der Waals surface area contributed by atoms with E-state index in [0.717, 1.165) is 13.0 Å². The van der Waals surface area contributed by atoms with Gasteiger partial charge in [0.15, 0.2) is 0 Å². The summed E-state index contributed by atoms with van der Waals surface area (Å²) in [5.41, 5.74) is 2.58. The summed E-state index contributed by atoms with van der Waals surface area (Å²) in [5.74, 6) is 0.734. The average molecular weight is 440 g/mol. The Hall–Kier alpha value is -2.18. The van der Waals surface area contributed by atoms with Gasteiger partial charge >= 0.3 is 0 Å². The summed E-state index contributed by atoms with van der Waals surface area (Å²) in [5, 5.41) is 2.17. The predicted molar refractivity (Wildman–Crippen MR) is 125 cm³/mol. The summed E-state index contributed by atoms with van der Waals surface area (Å²) in [6.45, 7) is 9.39. The number of thiophene rings is 1. The second kappa shape index (κ2) is 9.53. The Labute approximate surface area is 189 Å². The summed E-state index contributed by atoms with van der Waals surface area (Å²) >= 11 is 1.82. The lowest BCUT2D eigenvalue weighted by atomic mass is 9.93. The summed E-state index contributed by atoms with van der Waals surface area (Å²) < 4.78 is 0. The molecule has 0 radical (unpaired) electrons. The molecule has 2 aromatic rings. The molecule has 4 rings (SSSR count). The van der Waals surface area contributed by atoms with Crippen molar-refractivity contribution in [3.63, 3.8) is 0 Å². The van der Waals surface area contributed by atoms with Gasteiger partial charge in [-0.3, -0.25) is 14.5 Å². The van der Waals surface area contributed by atoms with Crippen LogP contribution in [0.15, 0.2) is 41.8 Å². The molecule has 2 aliphatic heterocycles. The molecule has 1 saturated heterocycles. The molecule has 1 aromatic carbocycles. The molecule has 6 heteroatoms. The quantitative estimate of drug-likeness (QED) is 0.712. The summed E-state index contributed by atoms with van der Waals surface area (Å²) in [6.07, 6.45) is 1.57. The molecular formula is C25H33N3O2S. The van der Waals surface area contributed by atoms with E-state index in [1.54, 1.807) is 0 Å². The molecule has 2 atom stereocenters. The van der Waals surface area contributed by atoms with Gasteiger partial charge in [-0.2, -0.15) is 0 Å². The van der Waals surface area contributed by atoms with Crippen LogP contribution in [0, 0.1) is 5.92 Å².